The number of likely N-dealkylation sites (N-methyl/N-ethyl adjacent to an activating group) is 1. The Kier molecular flexibility index (Phi) is 3.31. The van der Waals surface area contributed by atoms with E-state index in [0.717, 1.165) is 19.6 Å². The highest BCUT2D eigenvalue weighted by atomic mass is 15.1. The second-order valence-electron chi connectivity index (χ2n) is 3.19. The van der Waals surface area contributed by atoms with Gasteiger partial charge in [-0.25, -0.2) is 0 Å². The Morgan fingerprint density at radius 2 is 2.25 bits per heavy atom. The molecule has 3 nitrogen and oxygen atoms in total. The van der Waals surface area contributed by atoms with Crippen LogP contribution in [-0.4, -0.2) is 30.0 Å². The first-order chi connectivity index (χ1) is 5.74. The zero-order valence-corrected chi connectivity index (χ0v) is 7.80. The van der Waals surface area contributed by atoms with E-state index in [1.165, 1.54) is 11.1 Å². The third kappa shape index (κ3) is 2.36. The molecule has 0 atom stereocenters. The van der Waals surface area contributed by atoms with Crippen LogP contribution >= 0.6 is 0 Å². The molecule has 68 valence electrons. The van der Waals surface area contributed by atoms with Crippen molar-refractivity contribution in [2.45, 2.75) is 13.5 Å². The van der Waals surface area contributed by atoms with Crippen molar-refractivity contribution in [1.82, 2.24) is 9.88 Å². The predicted molar refractivity (Wildman–Crippen MR) is 50.9 cm³/mol. The van der Waals surface area contributed by atoms with Crippen LogP contribution in [-0.2, 0) is 6.54 Å². The number of H-pyrrole nitrogens is 1. The number of nitrogens with two attached hydrogens (primary N) is 1. The highest BCUT2D eigenvalue weighted by molar-refractivity contribution is 5.20. The standard InChI is InChI=1S/C9H17N3/c1-8-5-11-6-9(8)7-12(2)4-3-10/h5-6,11H,3-4,7,10H2,1-2H3. The summed E-state index contributed by atoms with van der Waals surface area (Å²) in [5, 5.41) is 0. The first-order valence-corrected chi connectivity index (χ1v) is 4.25. The number of aryl methyl sites for hydroxylation is 1. The van der Waals surface area contributed by atoms with Crippen LogP contribution in [0.25, 0.3) is 0 Å². The van der Waals surface area contributed by atoms with Crippen molar-refractivity contribution >= 4 is 0 Å². The summed E-state index contributed by atoms with van der Waals surface area (Å²) in [6.07, 6.45) is 4.06. The molecule has 0 unspecified atom stereocenters. The lowest BCUT2D eigenvalue weighted by atomic mass is 10.2. The second kappa shape index (κ2) is 4.28. The molecule has 1 heterocycles. The Hall–Kier alpha value is -0.800. The number of nitrogens with one attached hydrogen (secondary N) is 1. The molecular formula is C9H17N3. The molecule has 0 bridgehead atoms. The lowest BCUT2D eigenvalue weighted by molar-refractivity contribution is 0.336. The zero-order chi connectivity index (χ0) is 8.97. The lowest BCUT2D eigenvalue weighted by Gasteiger charge is -2.14. The van der Waals surface area contributed by atoms with Gasteiger partial charge in [0.2, 0.25) is 0 Å². The van der Waals surface area contributed by atoms with Crippen LogP contribution in [0.4, 0.5) is 0 Å². The minimum absolute atomic E-state index is 0.722. The molecule has 12 heavy (non-hydrogen) atoms. The molecule has 0 saturated carbocycles. The number of hydrogen-bond donors (Lipinski definition) is 2. The van der Waals surface area contributed by atoms with Gasteiger partial charge in [0, 0.05) is 32.0 Å². The van der Waals surface area contributed by atoms with Gasteiger partial charge in [-0.2, -0.15) is 0 Å². The van der Waals surface area contributed by atoms with E-state index in [0.29, 0.717) is 0 Å². The Balaban J connectivity index is 2.46. The van der Waals surface area contributed by atoms with Crippen LogP contribution in [0.2, 0.25) is 0 Å². The van der Waals surface area contributed by atoms with Crippen LogP contribution < -0.4 is 5.73 Å². The van der Waals surface area contributed by atoms with Gasteiger partial charge in [0.05, 0.1) is 0 Å². The third-order valence-corrected chi connectivity index (χ3v) is 2.01. The summed E-state index contributed by atoms with van der Waals surface area (Å²) >= 11 is 0. The maximum absolute atomic E-state index is 5.45. The highest BCUT2D eigenvalue weighted by Crippen LogP contribution is 2.07. The first-order valence-electron chi connectivity index (χ1n) is 4.25. The van der Waals surface area contributed by atoms with E-state index in [9.17, 15) is 0 Å². The molecule has 0 amide bonds. The summed E-state index contributed by atoms with van der Waals surface area (Å²) in [4.78, 5) is 5.31. The Morgan fingerprint density at radius 3 is 2.75 bits per heavy atom. The number of hydrogen-bond acceptors (Lipinski definition) is 2. The number of nitrogens with zero attached hydrogens (tertiary/aromatic N) is 1. The SMILES string of the molecule is Cc1c[nH]cc1CN(C)CCN. The number of aromatic nitrogens is 1. The van der Waals surface area contributed by atoms with E-state index in [-0.39, 0.29) is 0 Å². The zero-order valence-electron chi connectivity index (χ0n) is 7.80. The highest BCUT2D eigenvalue weighted by Gasteiger charge is 2.01. The molecule has 1 aromatic heterocycles. The summed E-state index contributed by atoms with van der Waals surface area (Å²) in [7, 11) is 2.08. The average Bonchev–Trinajstić information content (AvgIpc) is 2.37. The van der Waals surface area contributed by atoms with Crippen LogP contribution in [0.5, 0.6) is 0 Å². The van der Waals surface area contributed by atoms with E-state index in [4.69, 9.17) is 5.73 Å². The lowest BCUT2D eigenvalue weighted by Crippen LogP contribution is -2.25. The molecule has 0 aliphatic carbocycles. The number of rotatable bonds is 4. The van der Waals surface area contributed by atoms with E-state index >= 15 is 0 Å². The Morgan fingerprint density at radius 1 is 1.50 bits per heavy atom. The smallest absolute Gasteiger partial charge is 0.0248 e. The molecule has 1 aromatic rings. The van der Waals surface area contributed by atoms with Crippen LogP contribution in [0, 0.1) is 6.92 Å². The summed E-state index contributed by atoms with van der Waals surface area (Å²) < 4.78 is 0. The summed E-state index contributed by atoms with van der Waals surface area (Å²) in [6, 6.07) is 0. The Labute approximate surface area is 73.6 Å². The van der Waals surface area contributed by atoms with Gasteiger partial charge in [-0.15, -0.1) is 0 Å². The maximum atomic E-state index is 5.45. The molecule has 0 radical (unpaired) electrons. The van der Waals surface area contributed by atoms with Gasteiger partial charge in [-0.1, -0.05) is 0 Å². The van der Waals surface area contributed by atoms with Gasteiger partial charge in [0.1, 0.15) is 0 Å². The van der Waals surface area contributed by atoms with E-state index in [1.807, 2.05) is 12.4 Å². The fourth-order valence-electron chi connectivity index (χ4n) is 1.23. The monoisotopic (exact) mass is 167 g/mol. The van der Waals surface area contributed by atoms with E-state index < -0.39 is 0 Å². The van der Waals surface area contributed by atoms with Gasteiger partial charge < -0.3 is 15.6 Å². The van der Waals surface area contributed by atoms with E-state index in [2.05, 4.69) is 23.9 Å². The molecule has 1 rings (SSSR count). The van der Waals surface area contributed by atoms with Gasteiger partial charge in [-0.3, -0.25) is 0 Å². The predicted octanol–water partition coefficient (Wildman–Crippen LogP) is 0.714. The molecule has 0 aliphatic heterocycles. The normalized spacial score (nSPS) is 11.0. The van der Waals surface area contributed by atoms with Crippen LogP contribution in [0.15, 0.2) is 12.4 Å². The summed E-state index contributed by atoms with van der Waals surface area (Å²) in [5.41, 5.74) is 8.12. The minimum atomic E-state index is 0.722. The third-order valence-electron chi connectivity index (χ3n) is 2.01. The molecule has 0 fully saturated rings. The fourth-order valence-corrected chi connectivity index (χ4v) is 1.23. The van der Waals surface area contributed by atoms with Gasteiger partial charge in [0.25, 0.3) is 0 Å². The van der Waals surface area contributed by atoms with Crippen molar-refractivity contribution in [1.29, 1.82) is 0 Å². The molecule has 0 aromatic carbocycles. The molecule has 0 saturated heterocycles. The van der Waals surface area contributed by atoms with Crippen molar-refractivity contribution in [2.75, 3.05) is 20.1 Å². The molecule has 0 aliphatic rings. The molecule has 3 N–H and O–H groups in total. The minimum Gasteiger partial charge on any atom is -0.367 e. The maximum Gasteiger partial charge on any atom is 0.0248 e. The molecular weight excluding hydrogens is 150 g/mol. The largest absolute Gasteiger partial charge is 0.367 e. The van der Waals surface area contributed by atoms with Crippen LogP contribution in [0.1, 0.15) is 11.1 Å². The second-order valence-corrected chi connectivity index (χ2v) is 3.19. The molecule has 3 heteroatoms. The Bertz CT molecular complexity index is 229. The van der Waals surface area contributed by atoms with Gasteiger partial charge >= 0.3 is 0 Å². The van der Waals surface area contributed by atoms with Gasteiger partial charge in [-0.05, 0) is 25.1 Å². The van der Waals surface area contributed by atoms with Crippen molar-refractivity contribution in [3.05, 3.63) is 23.5 Å². The van der Waals surface area contributed by atoms with Crippen molar-refractivity contribution in [3.63, 3.8) is 0 Å². The topological polar surface area (TPSA) is 45.0 Å². The van der Waals surface area contributed by atoms with Crippen molar-refractivity contribution < 1.29 is 0 Å². The summed E-state index contributed by atoms with van der Waals surface area (Å²) in [5.74, 6) is 0. The quantitative estimate of drug-likeness (QED) is 0.694. The average molecular weight is 167 g/mol. The fraction of sp³-hybridized carbons (Fsp3) is 0.556. The summed E-state index contributed by atoms with van der Waals surface area (Å²) in [6.45, 7) is 4.76. The van der Waals surface area contributed by atoms with Crippen molar-refractivity contribution in [3.8, 4) is 0 Å². The molecule has 0 spiro atoms. The van der Waals surface area contributed by atoms with E-state index in [1.54, 1.807) is 0 Å². The van der Waals surface area contributed by atoms with Crippen molar-refractivity contribution in [2.24, 2.45) is 5.73 Å². The number of aromatic amines is 1. The first kappa shape index (κ1) is 9.29. The van der Waals surface area contributed by atoms with Crippen LogP contribution in [0.3, 0.4) is 0 Å². The van der Waals surface area contributed by atoms with Gasteiger partial charge in [0.15, 0.2) is 0 Å².